The van der Waals surface area contributed by atoms with Crippen molar-refractivity contribution in [2.75, 3.05) is 10.7 Å². The Labute approximate surface area is 215 Å². The van der Waals surface area contributed by atoms with Crippen molar-refractivity contribution in [3.63, 3.8) is 0 Å². The average Bonchev–Trinajstić information content (AvgIpc) is 2.80. The fraction of sp³-hybridized carbons (Fsp3) is 0. The first-order valence-corrected chi connectivity index (χ1v) is 11.5. The lowest BCUT2D eigenvalue weighted by atomic mass is 10.2. The van der Waals surface area contributed by atoms with E-state index in [2.05, 4.69) is 26.1 Å². The Morgan fingerprint density at radius 3 is 1.91 bits per heavy atom. The van der Waals surface area contributed by atoms with Crippen molar-refractivity contribution in [3.8, 4) is 17.1 Å². The first-order valence-electron chi connectivity index (χ1n) is 9.50. The van der Waals surface area contributed by atoms with Gasteiger partial charge in [-0.15, -0.1) is 0 Å². The van der Waals surface area contributed by atoms with Crippen molar-refractivity contribution in [3.05, 3.63) is 92.6 Å². The summed E-state index contributed by atoms with van der Waals surface area (Å²) in [7, 11) is 0. The number of rotatable bonds is 5. The van der Waals surface area contributed by atoms with Gasteiger partial charge in [-0.3, -0.25) is 15.4 Å². The van der Waals surface area contributed by atoms with Gasteiger partial charge in [-0.1, -0.05) is 34.8 Å². The van der Waals surface area contributed by atoms with Crippen LogP contribution in [0.3, 0.4) is 0 Å². The molecule has 3 N–H and O–H groups in total. The molecule has 33 heavy (non-hydrogen) atoms. The number of hydrazine groups is 1. The summed E-state index contributed by atoms with van der Waals surface area (Å²) < 4.78 is 1.96. The molecule has 6 nitrogen and oxygen atoms in total. The lowest BCUT2D eigenvalue weighted by molar-refractivity contribution is 0.881. The van der Waals surface area contributed by atoms with E-state index in [9.17, 15) is 0 Å². The molecule has 0 aliphatic rings. The van der Waals surface area contributed by atoms with Crippen LogP contribution in [-0.2, 0) is 0 Å². The molecular weight excluding hydrogens is 519 g/mol. The van der Waals surface area contributed by atoms with Gasteiger partial charge in [0.1, 0.15) is 0 Å². The van der Waals surface area contributed by atoms with Crippen molar-refractivity contribution >= 4 is 76.0 Å². The molecule has 0 spiro atoms. The van der Waals surface area contributed by atoms with Crippen LogP contribution in [0, 0.1) is 4.77 Å². The number of thiocarbonyl (C=S) groups is 1. The summed E-state index contributed by atoms with van der Waals surface area (Å²) >= 11 is 29.0. The fourth-order valence-corrected chi connectivity index (χ4v) is 3.67. The third kappa shape index (κ3) is 5.98. The Morgan fingerprint density at radius 2 is 1.30 bits per heavy atom. The molecule has 0 amide bonds. The lowest BCUT2D eigenvalue weighted by Crippen LogP contribution is -2.35. The smallest absolute Gasteiger partial charge is 0.230 e. The van der Waals surface area contributed by atoms with Crippen LogP contribution in [0.1, 0.15) is 0 Å². The van der Waals surface area contributed by atoms with Crippen molar-refractivity contribution < 1.29 is 0 Å². The zero-order valence-electron chi connectivity index (χ0n) is 16.7. The van der Waals surface area contributed by atoms with Gasteiger partial charge in [0, 0.05) is 26.3 Å². The molecular formula is C22H15Cl3N6S2. The van der Waals surface area contributed by atoms with Crippen LogP contribution >= 0.6 is 59.2 Å². The van der Waals surface area contributed by atoms with Gasteiger partial charge in [0.25, 0.3) is 0 Å². The van der Waals surface area contributed by atoms with Crippen LogP contribution in [0.2, 0.25) is 15.1 Å². The topological polar surface area (TPSA) is 66.8 Å². The van der Waals surface area contributed by atoms with E-state index in [-0.39, 0.29) is 4.77 Å². The Balaban J connectivity index is 1.66. The summed E-state index contributed by atoms with van der Waals surface area (Å²) in [5, 5.41) is 5.23. The second-order valence-corrected chi connectivity index (χ2v) is 8.77. The molecule has 0 bridgehead atoms. The Morgan fingerprint density at radius 1 is 0.758 bits per heavy atom. The predicted molar refractivity (Wildman–Crippen MR) is 142 cm³/mol. The maximum atomic E-state index is 6.05. The van der Waals surface area contributed by atoms with E-state index in [1.54, 1.807) is 41.0 Å². The highest BCUT2D eigenvalue weighted by atomic mass is 35.5. The van der Waals surface area contributed by atoms with E-state index in [0.29, 0.717) is 32.0 Å². The molecule has 0 atom stereocenters. The van der Waals surface area contributed by atoms with E-state index >= 15 is 0 Å². The molecule has 0 saturated carbocycles. The maximum absolute atomic E-state index is 6.05. The first kappa shape index (κ1) is 23.4. The molecule has 0 aliphatic heterocycles. The van der Waals surface area contributed by atoms with Crippen LogP contribution in [0.15, 0.2) is 72.8 Å². The van der Waals surface area contributed by atoms with Gasteiger partial charge in [0.05, 0.1) is 5.69 Å². The highest BCUT2D eigenvalue weighted by molar-refractivity contribution is 7.80. The number of hydrogen-bond acceptors (Lipinski definition) is 5. The third-order valence-corrected chi connectivity index (χ3v) is 5.63. The van der Waals surface area contributed by atoms with Gasteiger partial charge in [-0.05, 0) is 97.2 Å². The van der Waals surface area contributed by atoms with Crippen LogP contribution in [0.25, 0.3) is 17.1 Å². The number of halogens is 3. The van der Waals surface area contributed by atoms with Crippen LogP contribution < -0.4 is 16.2 Å². The minimum absolute atomic E-state index is 0.290. The molecule has 1 aromatic heterocycles. The summed E-state index contributed by atoms with van der Waals surface area (Å²) in [6.45, 7) is 0. The number of hydrogen-bond donors (Lipinski definition) is 3. The molecule has 0 aliphatic carbocycles. The van der Waals surface area contributed by atoms with Crippen LogP contribution in [0.4, 0.5) is 11.6 Å². The van der Waals surface area contributed by atoms with E-state index in [4.69, 9.17) is 59.2 Å². The lowest BCUT2D eigenvalue weighted by Gasteiger charge is -2.17. The summed E-state index contributed by atoms with van der Waals surface area (Å²) in [5.74, 6) is 0.810. The molecule has 166 valence electrons. The highest BCUT2D eigenvalue weighted by Crippen LogP contribution is 2.23. The molecule has 4 aromatic rings. The molecule has 11 heteroatoms. The largest absolute Gasteiger partial charge is 0.331 e. The summed E-state index contributed by atoms with van der Waals surface area (Å²) in [5.41, 5.74) is 8.23. The quantitative estimate of drug-likeness (QED) is 0.190. The number of anilines is 2. The van der Waals surface area contributed by atoms with Gasteiger partial charge >= 0.3 is 0 Å². The van der Waals surface area contributed by atoms with E-state index in [1.807, 2.05) is 36.4 Å². The standard InChI is InChI=1S/C22H15Cl3N6S2/c23-14-3-1-13(2-4-14)19-27-20(29-30-21(32)26-17-9-5-15(24)6-10-17)31(22(33)28-19)18-11-7-16(25)8-12-18/h1-12H,(H2,26,30,32)(H,27,28,29,33). The van der Waals surface area contributed by atoms with Crippen molar-refractivity contribution in [1.29, 1.82) is 0 Å². The van der Waals surface area contributed by atoms with Crippen molar-refractivity contribution in [1.82, 2.24) is 20.0 Å². The van der Waals surface area contributed by atoms with E-state index in [0.717, 1.165) is 16.9 Å². The zero-order chi connectivity index (χ0) is 23.4. The second kappa shape index (κ2) is 10.5. The van der Waals surface area contributed by atoms with E-state index in [1.165, 1.54) is 0 Å². The highest BCUT2D eigenvalue weighted by Gasteiger charge is 2.12. The number of benzene rings is 3. The summed E-state index contributed by atoms with van der Waals surface area (Å²) in [6, 6.07) is 21.5. The van der Waals surface area contributed by atoms with Crippen LogP contribution in [0.5, 0.6) is 0 Å². The molecule has 0 unspecified atom stereocenters. The molecule has 3 aromatic carbocycles. The predicted octanol–water partition coefficient (Wildman–Crippen LogP) is 6.94. The van der Waals surface area contributed by atoms with E-state index < -0.39 is 0 Å². The molecule has 0 radical (unpaired) electrons. The van der Waals surface area contributed by atoms with Gasteiger partial charge in [0.15, 0.2) is 10.9 Å². The minimum Gasteiger partial charge on any atom is -0.331 e. The SMILES string of the molecule is S=C(NNc1nc(-c2ccc(Cl)cc2)nc(=S)n1-c1ccc(Cl)cc1)Nc1ccc(Cl)cc1. The zero-order valence-corrected chi connectivity index (χ0v) is 20.6. The Bertz CT molecular complexity index is 1340. The Hall–Kier alpha value is -2.75. The van der Waals surface area contributed by atoms with Gasteiger partial charge in [-0.2, -0.15) is 9.97 Å². The summed E-state index contributed by atoms with van der Waals surface area (Å²) in [6.07, 6.45) is 0. The monoisotopic (exact) mass is 532 g/mol. The molecule has 1 heterocycles. The van der Waals surface area contributed by atoms with Crippen LogP contribution in [-0.4, -0.2) is 19.6 Å². The molecule has 0 saturated heterocycles. The first-order chi connectivity index (χ1) is 15.9. The van der Waals surface area contributed by atoms with Crippen molar-refractivity contribution in [2.45, 2.75) is 0 Å². The third-order valence-electron chi connectivity index (χ3n) is 4.39. The van der Waals surface area contributed by atoms with Gasteiger partial charge in [-0.25, -0.2) is 0 Å². The van der Waals surface area contributed by atoms with Gasteiger partial charge < -0.3 is 5.32 Å². The average molecular weight is 534 g/mol. The Kier molecular flexibility index (Phi) is 7.42. The number of nitrogens with zero attached hydrogens (tertiary/aromatic N) is 3. The van der Waals surface area contributed by atoms with Gasteiger partial charge in [0.2, 0.25) is 10.7 Å². The summed E-state index contributed by atoms with van der Waals surface area (Å²) in [4.78, 5) is 9.15. The maximum Gasteiger partial charge on any atom is 0.230 e. The second-order valence-electron chi connectivity index (χ2n) is 6.68. The molecule has 4 rings (SSSR count). The number of nitrogens with one attached hydrogen (secondary N) is 3. The minimum atomic E-state index is 0.290. The van der Waals surface area contributed by atoms with Crippen molar-refractivity contribution in [2.24, 2.45) is 0 Å². The molecule has 0 fully saturated rings. The normalized spacial score (nSPS) is 10.5. The number of aromatic nitrogens is 3. The fourth-order valence-electron chi connectivity index (χ4n) is 2.85.